The second-order valence-corrected chi connectivity index (χ2v) is 7.79. The van der Waals surface area contributed by atoms with Crippen molar-refractivity contribution in [2.75, 3.05) is 51.8 Å². The molecule has 2 aliphatic rings. The first-order chi connectivity index (χ1) is 15.6. The number of benzene rings is 2. The number of esters is 1. The van der Waals surface area contributed by atoms with E-state index in [-0.39, 0.29) is 6.03 Å². The SMILES string of the molecule is COC(=O)C1=C(CN2CCN(c3ccccc3)CC2)NC(=O)NC1c1cccc(OC)c1. The molecule has 168 valence electrons. The number of rotatable bonds is 6. The van der Waals surface area contributed by atoms with E-state index in [0.717, 1.165) is 31.7 Å². The van der Waals surface area contributed by atoms with Crippen molar-refractivity contribution in [3.05, 3.63) is 71.4 Å². The molecular formula is C24H28N4O4. The molecule has 8 heteroatoms. The van der Waals surface area contributed by atoms with Gasteiger partial charge in [0.1, 0.15) is 5.75 Å². The number of nitrogens with one attached hydrogen (secondary N) is 2. The summed E-state index contributed by atoms with van der Waals surface area (Å²) in [6.07, 6.45) is 0. The molecule has 1 saturated heterocycles. The molecular weight excluding hydrogens is 408 g/mol. The van der Waals surface area contributed by atoms with Gasteiger partial charge in [-0.1, -0.05) is 30.3 Å². The van der Waals surface area contributed by atoms with Crippen LogP contribution in [0.3, 0.4) is 0 Å². The lowest BCUT2D eigenvalue weighted by atomic mass is 9.94. The summed E-state index contributed by atoms with van der Waals surface area (Å²) in [6.45, 7) is 3.84. The number of carbonyl (C=O) groups is 2. The zero-order chi connectivity index (χ0) is 22.5. The molecule has 2 aromatic carbocycles. The largest absolute Gasteiger partial charge is 0.497 e. The van der Waals surface area contributed by atoms with Gasteiger partial charge in [0.2, 0.25) is 0 Å². The van der Waals surface area contributed by atoms with Gasteiger partial charge in [-0.2, -0.15) is 0 Å². The number of ether oxygens (including phenoxy) is 2. The van der Waals surface area contributed by atoms with Gasteiger partial charge >= 0.3 is 12.0 Å². The topological polar surface area (TPSA) is 83.1 Å². The van der Waals surface area contributed by atoms with Crippen LogP contribution in [0, 0.1) is 0 Å². The van der Waals surface area contributed by atoms with Crippen molar-refractivity contribution in [3.63, 3.8) is 0 Å². The van der Waals surface area contributed by atoms with Crippen molar-refractivity contribution in [2.45, 2.75) is 6.04 Å². The molecule has 2 amide bonds. The third-order valence-corrected chi connectivity index (χ3v) is 5.86. The normalized spacial score (nSPS) is 19.2. The monoisotopic (exact) mass is 436 g/mol. The minimum Gasteiger partial charge on any atom is -0.497 e. The van der Waals surface area contributed by atoms with Crippen LogP contribution in [-0.2, 0) is 9.53 Å². The molecule has 1 unspecified atom stereocenters. The zero-order valence-electron chi connectivity index (χ0n) is 18.3. The number of methoxy groups -OCH3 is 2. The van der Waals surface area contributed by atoms with E-state index in [1.165, 1.54) is 12.8 Å². The zero-order valence-corrected chi connectivity index (χ0v) is 18.3. The van der Waals surface area contributed by atoms with Gasteiger partial charge in [0.15, 0.2) is 0 Å². The third kappa shape index (κ3) is 4.70. The summed E-state index contributed by atoms with van der Waals surface area (Å²) in [5.74, 6) is 0.182. The van der Waals surface area contributed by atoms with Crippen molar-refractivity contribution in [1.29, 1.82) is 0 Å². The highest BCUT2D eigenvalue weighted by Crippen LogP contribution is 2.30. The quantitative estimate of drug-likeness (QED) is 0.677. The molecule has 0 aliphatic carbocycles. The van der Waals surface area contributed by atoms with Crippen molar-refractivity contribution in [1.82, 2.24) is 15.5 Å². The van der Waals surface area contributed by atoms with Gasteiger partial charge in [-0.05, 0) is 29.8 Å². The molecule has 4 rings (SSSR count). The fourth-order valence-electron chi connectivity index (χ4n) is 4.19. The van der Waals surface area contributed by atoms with Gasteiger partial charge in [0.05, 0.1) is 25.8 Å². The van der Waals surface area contributed by atoms with Gasteiger partial charge in [-0.15, -0.1) is 0 Å². The summed E-state index contributed by atoms with van der Waals surface area (Å²) >= 11 is 0. The lowest BCUT2D eigenvalue weighted by Crippen LogP contribution is -2.51. The first-order valence-electron chi connectivity index (χ1n) is 10.6. The minimum atomic E-state index is -0.619. The standard InChI is InChI=1S/C24H28N4O4/c1-31-19-10-6-7-17(15-19)22-21(23(29)32-2)20(25-24(30)26-22)16-27-11-13-28(14-12-27)18-8-4-3-5-9-18/h3-10,15,22H,11-14,16H2,1-2H3,(H2,25,26,30). The van der Waals surface area contributed by atoms with Crippen LogP contribution in [0.15, 0.2) is 65.9 Å². The predicted octanol–water partition coefficient (Wildman–Crippen LogP) is 2.30. The fraction of sp³-hybridized carbons (Fsp3) is 0.333. The molecule has 32 heavy (non-hydrogen) atoms. The Kier molecular flexibility index (Phi) is 6.61. The molecule has 1 fully saturated rings. The number of hydrogen-bond donors (Lipinski definition) is 2. The molecule has 1 atom stereocenters. The van der Waals surface area contributed by atoms with Crippen LogP contribution in [0.2, 0.25) is 0 Å². The van der Waals surface area contributed by atoms with Gasteiger partial charge in [-0.25, -0.2) is 9.59 Å². The first-order valence-corrected chi connectivity index (χ1v) is 10.6. The molecule has 0 spiro atoms. The van der Waals surface area contributed by atoms with E-state index in [1.54, 1.807) is 7.11 Å². The van der Waals surface area contributed by atoms with Crippen LogP contribution < -0.4 is 20.3 Å². The Morgan fingerprint density at radius 1 is 1.03 bits per heavy atom. The highest BCUT2D eigenvalue weighted by Gasteiger charge is 2.34. The predicted molar refractivity (Wildman–Crippen MR) is 122 cm³/mol. The Morgan fingerprint density at radius 2 is 1.78 bits per heavy atom. The van der Waals surface area contributed by atoms with E-state index in [0.29, 0.717) is 23.6 Å². The maximum Gasteiger partial charge on any atom is 0.338 e. The van der Waals surface area contributed by atoms with E-state index in [9.17, 15) is 9.59 Å². The van der Waals surface area contributed by atoms with E-state index < -0.39 is 12.0 Å². The number of anilines is 1. The number of piperazine rings is 1. The number of carbonyl (C=O) groups excluding carboxylic acids is 2. The van der Waals surface area contributed by atoms with Gasteiger partial charge in [-0.3, -0.25) is 4.90 Å². The van der Waals surface area contributed by atoms with Crippen molar-refractivity contribution in [2.24, 2.45) is 0 Å². The smallest absolute Gasteiger partial charge is 0.338 e. The lowest BCUT2D eigenvalue weighted by molar-refractivity contribution is -0.136. The number of nitrogens with zero attached hydrogens (tertiary/aromatic N) is 2. The molecule has 0 aromatic heterocycles. The summed E-state index contributed by atoms with van der Waals surface area (Å²) in [4.78, 5) is 29.8. The van der Waals surface area contributed by atoms with Crippen LogP contribution in [0.1, 0.15) is 11.6 Å². The number of para-hydroxylation sites is 1. The molecule has 2 N–H and O–H groups in total. The van der Waals surface area contributed by atoms with Crippen LogP contribution in [0.5, 0.6) is 5.75 Å². The summed E-state index contributed by atoms with van der Waals surface area (Å²) in [5, 5.41) is 5.70. The Hall–Kier alpha value is -3.52. The highest BCUT2D eigenvalue weighted by molar-refractivity contribution is 5.95. The first kappa shape index (κ1) is 21.7. The Bertz CT molecular complexity index is 1000. The summed E-state index contributed by atoms with van der Waals surface area (Å²) < 4.78 is 10.4. The Balaban J connectivity index is 1.56. The molecule has 0 saturated carbocycles. The summed E-state index contributed by atoms with van der Waals surface area (Å²) in [6, 6.07) is 16.7. The number of hydrogen-bond acceptors (Lipinski definition) is 6. The summed E-state index contributed by atoms with van der Waals surface area (Å²) in [7, 11) is 2.93. The average Bonchev–Trinajstić information content (AvgIpc) is 2.84. The second kappa shape index (κ2) is 9.74. The van der Waals surface area contributed by atoms with Crippen LogP contribution in [0.25, 0.3) is 0 Å². The molecule has 2 heterocycles. The Morgan fingerprint density at radius 3 is 2.47 bits per heavy atom. The molecule has 0 bridgehead atoms. The highest BCUT2D eigenvalue weighted by atomic mass is 16.5. The molecule has 2 aliphatic heterocycles. The second-order valence-electron chi connectivity index (χ2n) is 7.79. The van der Waals surface area contributed by atoms with E-state index in [2.05, 4.69) is 32.6 Å². The summed E-state index contributed by atoms with van der Waals surface area (Å²) in [5.41, 5.74) is 2.94. The maximum absolute atomic E-state index is 12.8. The molecule has 0 radical (unpaired) electrons. The van der Waals surface area contributed by atoms with Gasteiger partial charge < -0.3 is 25.0 Å². The minimum absolute atomic E-state index is 0.344. The van der Waals surface area contributed by atoms with E-state index >= 15 is 0 Å². The molecule has 8 nitrogen and oxygen atoms in total. The van der Waals surface area contributed by atoms with Crippen LogP contribution in [-0.4, -0.2) is 63.8 Å². The van der Waals surface area contributed by atoms with Gasteiger partial charge in [0.25, 0.3) is 0 Å². The molecule has 2 aromatic rings. The lowest BCUT2D eigenvalue weighted by Gasteiger charge is -2.38. The van der Waals surface area contributed by atoms with Crippen LogP contribution >= 0.6 is 0 Å². The van der Waals surface area contributed by atoms with E-state index in [1.807, 2.05) is 42.5 Å². The third-order valence-electron chi connectivity index (χ3n) is 5.86. The van der Waals surface area contributed by atoms with Crippen molar-refractivity contribution < 1.29 is 19.1 Å². The van der Waals surface area contributed by atoms with Crippen molar-refractivity contribution in [3.8, 4) is 5.75 Å². The van der Waals surface area contributed by atoms with Gasteiger partial charge in [0, 0.05) is 44.1 Å². The maximum atomic E-state index is 12.8. The average molecular weight is 437 g/mol. The fourth-order valence-corrected chi connectivity index (χ4v) is 4.19. The number of amides is 2. The van der Waals surface area contributed by atoms with Crippen molar-refractivity contribution >= 4 is 17.7 Å². The number of urea groups is 1. The Labute approximate surface area is 187 Å². The van der Waals surface area contributed by atoms with E-state index in [4.69, 9.17) is 9.47 Å². The van der Waals surface area contributed by atoms with Crippen LogP contribution in [0.4, 0.5) is 10.5 Å².